The summed E-state index contributed by atoms with van der Waals surface area (Å²) >= 11 is 0. The van der Waals surface area contributed by atoms with Gasteiger partial charge in [-0.3, -0.25) is 0 Å². The molecule has 0 aliphatic heterocycles. The zero-order chi connectivity index (χ0) is 11.4. The van der Waals surface area contributed by atoms with E-state index in [1.807, 2.05) is 24.3 Å². The van der Waals surface area contributed by atoms with Crippen LogP contribution < -0.4 is 9.89 Å². The topological polar surface area (TPSA) is 78.9 Å². The van der Waals surface area contributed by atoms with Crippen molar-refractivity contribution in [3.8, 4) is 11.3 Å². The molecule has 17 heavy (non-hydrogen) atoms. The van der Waals surface area contributed by atoms with E-state index in [0.717, 1.165) is 15.8 Å². The second-order valence-electron chi connectivity index (χ2n) is 3.72. The van der Waals surface area contributed by atoms with Gasteiger partial charge in [-0.05, 0) is 10.5 Å². The molecule has 0 fully saturated rings. The van der Waals surface area contributed by atoms with Crippen molar-refractivity contribution in [2.45, 2.75) is 0 Å². The number of hydrogen-bond donors (Lipinski definition) is 0. The lowest BCUT2D eigenvalue weighted by atomic mass is 10.1. The summed E-state index contributed by atoms with van der Waals surface area (Å²) in [7, 11) is 0. The fourth-order valence-electron chi connectivity index (χ4n) is 2.02. The minimum absolute atomic E-state index is 0.198. The monoisotopic (exact) mass is 225 g/mol. The summed E-state index contributed by atoms with van der Waals surface area (Å²) in [4.78, 5) is 16.3. The van der Waals surface area contributed by atoms with Crippen LogP contribution in [0.2, 0.25) is 0 Å². The highest BCUT2D eigenvalue weighted by atomic mass is 16.3. The quantitative estimate of drug-likeness (QED) is 0.357. The molecule has 0 N–H and O–H groups in total. The fraction of sp³-hybridized carbons (Fsp3) is 0. The molecule has 0 amide bonds. The molecule has 0 radical (unpaired) electrons. The molecule has 0 bridgehead atoms. The number of hydrogen-bond acceptors (Lipinski definition) is 5. The van der Waals surface area contributed by atoms with Crippen molar-refractivity contribution < 1.29 is 4.54 Å². The average Bonchev–Trinajstić information content (AvgIpc) is 2.94. The number of fused-ring (bicyclic) bond motifs is 4. The predicted octanol–water partition coefficient (Wildman–Crippen LogP) is -1.04. The highest BCUT2D eigenvalue weighted by Gasteiger charge is 2.22. The Morgan fingerprint density at radius 1 is 1.24 bits per heavy atom. The Morgan fingerprint density at radius 2 is 2.12 bits per heavy atom. The van der Waals surface area contributed by atoms with E-state index in [2.05, 4.69) is 20.5 Å². The molecule has 0 saturated carbocycles. The molecular weight excluding hydrogens is 220 g/mol. The van der Waals surface area contributed by atoms with Crippen molar-refractivity contribution in [3.63, 3.8) is 0 Å². The molecule has 1 aromatic carbocycles. The van der Waals surface area contributed by atoms with Crippen molar-refractivity contribution in [2.75, 3.05) is 0 Å². The van der Waals surface area contributed by atoms with Gasteiger partial charge >= 0.3 is 5.78 Å². The summed E-state index contributed by atoms with van der Waals surface area (Å²) in [6.45, 7) is 0. The lowest BCUT2D eigenvalue weighted by Gasteiger charge is -1.95. The Morgan fingerprint density at radius 3 is 3.06 bits per heavy atom. The minimum atomic E-state index is 0.198. The predicted molar refractivity (Wildman–Crippen MR) is 56.2 cm³/mol. The van der Waals surface area contributed by atoms with Gasteiger partial charge in [-0.15, -0.1) is 0 Å². The SMILES string of the molecule is O=[n+]1c2c(nc3nnnn31)-c1ccccc1C=2. The van der Waals surface area contributed by atoms with Crippen LogP contribution in [0.5, 0.6) is 0 Å². The van der Waals surface area contributed by atoms with Gasteiger partial charge in [-0.2, -0.15) is 4.98 Å². The third-order valence-electron chi connectivity index (χ3n) is 2.78. The maximum Gasteiger partial charge on any atom is 0.341 e. The molecule has 0 spiro atoms. The third kappa shape index (κ3) is 0.949. The summed E-state index contributed by atoms with van der Waals surface area (Å²) < 4.78 is 1.68. The van der Waals surface area contributed by atoms with Crippen LogP contribution >= 0.6 is 0 Å². The first kappa shape index (κ1) is 8.45. The second-order valence-corrected chi connectivity index (χ2v) is 3.72. The maximum absolute atomic E-state index is 12.0. The molecule has 0 saturated heterocycles. The number of aromatic nitrogens is 6. The molecule has 7 nitrogen and oxygen atoms in total. The number of tetrazole rings is 1. The van der Waals surface area contributed by atoms with E-state index in [0.29, 0.717) is 15.6 Å². The summed E-state index contributed by atoms with van der Waals surface area (Å²) in [5.74, 6) is 0.198. The average molecular weight is 225 g/mol. The molecule has 7 heteroatoms. The lowest BCUT2D eigenvalue weighted by molar-refractivity contribution is -0.598. The normalized spacial score (nSPS) is 12.2. The van der Waals surface area contributed by atoms with Crippen LogP contribution in [0.3, 0.4) is 0 Å². The zero-order valence-electron chi connectivity index (χ0n) is 8.48. The summed E-state index contributed by atoms with van der Waals surface area (Å²) in [5, 5.41) is 11.2. The molecule has 2 heterocycles. The first-order valence-corrected chi connectivity index (χ1v) is 5.01. The first-order chi connectivity index (χ1) is 8.34. The standard InChI is InChI=1S/C10H5N6O/c17-16-8-5-6-3-1-2-4-7(6)9(8)11-10-12-13-14-15(10)16/h1-5H/q+1. The van der Waals surface area contributed by atoms with E-state index >= 15 is 0 Å². The molecular formula is C10H5N6O+. The van der Waals surface area contributed by atoms with Crippen LogP contribution in [0.4, 0.5) is 0 Å². The van der Waals surface area contributed by atoms with Crippen LogP contribution in [0.15, 0.2) is 24.3 Å². The Balaban J connectivity index is 2.27. The van der Waals surface area contributed by atoms with Crippen molar-refractivity contribution in [2.24, 2.45) is 0 Å². The molecule has 1 aliphatic rings. The van der Waals surface area contributed by atoms with E-state index in [-0.39, 0.29) is 5.78 Å². The Bertz CT molecular complexity index is 868. The fourth-order valence-corrected chi connectivity index (χ4v) is 2.02. The Labute approximate surface area is 93.6 Å². The van der Waals surface area contributed by atoms with E-state index in [1.54, 1.807) is 6.08 Å². The van der Waals surface area contributed by atoms with E-state index in [1.165, 1.54) is 0 Å². The van der Waals surface area contributed by atoms with Crippen LogP contribution in [-0.4, -0.2) is 25.1 Å². The highest BCUT2D eigenvalue weighted by molar-refractivity contribution is 5.79. The van der Waals surface area contributed by atoms with Crippen LogP contribution in [0.1, 0.15) is 5.56 Å². The Hall–Kier alpha value is -2.70. The molecule has 4 rings (SSSR count). The van der Waals surface area contributed by atoms with Crippen molar-refractivity contribution >= 4 is 11.9 Å². The second kappa shape index (κ2) is 2.70. The molecule has 0 unspecified atom stereocenters. The third-order valence-corrected chi connectivity index (χ3v) is 2.78. The largest absolute Gasteiger partial charge is 0.341 e. The van der Waals surface area contributed by atoms with Gasteiger partial charge < -0.3 is 0 Å². The van der Waals surface area contributed by atoms with Crippen molar-refractivity contribution in [1.82, 2.24) is 25.1 Å². The van der Waals surface area contributed by atoms with Crippen LogP contribution in [-0.2, 0) is 0 Å². The van der Waals surface area contributed by atoms with Gasteiger partial charge in [0.15, 0.2) is 0 Å². The highest BCUT2D eigenvalue weighted by Crippen LogP contribution is 2.23. The molecule has 2 aromatic heterocycles. The lowest BCUT2D eigenvalue weighted by Crippen LogP contribution is -2.44. The van der Waals surface area contributed by atoms with Gasteiger partial charge in [0, 0.05) is 11.6 Å². The van der Waals surface area contributed by atoms with Gasteiger partial charge in [-0.1, -0.05) is 29.4 Å². The van der Waals surface area contributed by atoms with E-state index in [9.17, 15) is 4.91 Å². The maximum atomic E-state index is 12.0. The summed E-state index contributed by atoms with van der Waals surface area (Å²) in [6.07, 6.45) is 1.78. The van der Waals surface area contributed by atoms with Gasteiger partial charge in [0.05, 0.1) is 9.17 Å². The molecule has 80 valence electrons. The molecule has 3 aromatic rings. The van der Waals surface area contributed by atoms with Gasteiger partial charge in [0.2, 0.25) is 10.6 Å². The molecule has 1 aliphatic carbocycles. The minimum Gasteiger partial charge on any atom is -0.200 e. The van der Waals surface area contributed by atoms with E-state index in [4.69, 9.17) is 0 Å². The first-order valence-electron chi connectivity index (χ1n) is 5.01. The number of nitrogens with zero attached hydrogens (tertiary/aromatic N) is 6. The van der Waals surface area contributed by atoms with Crippen molar-refractivity contribution in [3.05, 3.63) is 40.1 Å². The molecule has 0 atom stereocenters. The van der Waals surface area contributed by atoms with E-state index < -0.39 is 0 Å². The van der Waals surface area contributed by atoms with Gasteiger partial charge in [0.25, 0.3) is 0 Å². The number of benzene rings is 1. The van der Waals surface area contributed by atoms with Crippen LogP contribution in [0, 0.1) is 4.91 Å². The van der Waals surface area contributed by atoms with Crippen molar-refractivity contribution in [1.29, 1.82) is 0 Å². The van der Waals surface area contributed by atoms with Gasteiger partial charge in [-0.25, -0.2) is 0 Å². The van der Waals surface area contributed by atoms with Gasteiger partial charge in [0.1, 0.15) is 10.9 Å². The number of rotatable bonds is 0. The summed E-state index contributed by atoms with van der Waals surface area (Å²) in [5.41, 5.74) is 2.52. The zero-order valence-corrected chi connectivity index (χ0v) is 8.48. The van der Waals surface area contributed by atoms with Crippen LogP contribution in [0.25, 0.3) is 23.1 Å². The smallest absolute Gasteiger partial charge is 0.200 e. The Kier molecular flexibility index (Phi) is 1.34. The summed E-state index contributed by atoms with van der Waals surface area (Å²) in [6, 6.07) is 7.68.